The molecular formula is C11H17N3O2S. The summed E-state index contributed by atoms with van der Waals surface area (Å²) in [7, 11) is 1.93. The molecule has 0 aromatic carbocycles. The molecule has 0 amide bonds. The van der Waals surface area contributed by atoms with Crippen LogP contribution < -0.4 is 0 Å². The monoisotopic (exact) mass is 255 g/mol. The Morgan fingerprint density at radius 2 is 2.06 bits per heavy atom. The van der Waals surface area contributed by atoms with Gasteiger partial charge in [-0.1, -0.05) is 11.8 Å². The van der Waals surface area contributed by atoms with Gasteiger partial charge in [0.15, 0.2) is 10.9 Å². The van der Waals surface area contributed by atoms with E-state index < -0.39 is 0 Å². The normalized spacial score (nSPS) is 24.5. The van der Waals surface area contributed by atoms with Gasteiger partial charge in [0.1, 0.15) is 6.33 Å². The van der Waals surface area contributed by atoms with Crippen LogP contribution in [0.1, 0.15) is 25.7 Å². The van der Waals surface area contributed by atoms with Crippen molar-refractivity contribution in [3.05, 3.63) is 6.33 Å². The van der Waals surface area contributed by atoms with Crippen molar-refractivity contribution < 1.29 is 9.47 Å². The van der Waals surface area contributed by atoms with Crippen LogP contribution in [0.3, 0.4) is 0 Å². The highest BCUT2D eigenvalue weighted by Crippen LogP contribution is 2.40. The van der Waals surface area contributed by atoms with Crippen LogP contribution in [0, 0.1) is 0 Å². The van der Waals surface area contributed by atoms with Crippen molar-refractivity contribution in [2.24, 2.45) is 7.05 Å². The molecule has 3 rings (SSSR count). The fraction of sp³-hybridized carbons (Fsp3) is 0.818. The van der Waals surface area contributed by atoms with Gasteiger partial charge in [-0.25, -0.2) is 9.67 Å². The molecule has 0 N–H and O–H groups in total. The Balaban J connectivity index is 1.56. The van der Waals surface area contributed by atoms with Crippen molar-refractivity contribution >= 4 is 11.8 Å². The highest BCUT2D eigenvalue weighted by Gasteiger charge is 2.40. The number of hydrogen-bond acceptors (Lipinski definition) is 5. The molecule has 1 saturated heterocycles. The second-order valence-electron chi connectivity index (χ2n) is 4.59. The van der Waals surface area contributed by atoms with E-state index in [1.807, 2.05) is 23.5 Å². The van der Waals surface area contributed by atoms with Crippen molar-refractivity contribution in [2.45, 2.75) is 41.9 Å². The predicted octanol–water partition coefficient (Wildman–Crippen LogP) is 1.59. The Bertz CT molecular complexity index is 380. The zero-order chi connectivity index (χ0) is 11.7. The molecule has 2 heterocycles. The van der Waals surface area contributed by atoms with Gasteiger partial charge in [-0.2, -0.15) is 5.10 Å². The first-order valence-electron chi connectivity index (χ1n) is 6.06. The van der Waals surface area contributed by atoms with E-state index in [9.17, 15) is 0 Å². The van der Waals surface area contributed by atoms with Gasteiger partial charge in [0.25, 0.3) is 0 Å². The van der Waals surface area contributed by atoms with Crippen LogP contribution in [-0.4, -0.2) is 39.0 Å². The summed E-state index contributed by atoms with van der Waals surface area (Å²) in [4.78, 5) is 4.25. The quantitative estimate of drug-likeness (QED) is 0.803. The van der Waals surface area contributed by atoms with Crippen LogP contribution in [0.5, 0.6) is 0 Å². The maximum absolute atomic E-state index is 5.72. The van der Waals surface area contributed by atoms with Gasteiger partial charge in [-0.15, -0.1) is 0 Å². The third-order valence-electron chi connectivity index (χ3n) is 3.45. The Labute approximate surface area is 105 Å². The van der Waals surface area contributed by atoms with Crippen molar-refractivity contribution in [3.8, 4) is 0 Å². The molecule has 6 heteroatoms. The molecule has 5 nitrogen and oxygen atoms in total. The molecule has 0 unspecified atom stereocenters. The van der Waals surface area contributed by atoms with E-state index in [-0.39, 0.29) is 5.79 Å². The van der Waals surface area contributed by atoms with Gasteiger partial charge in [0.2, 0.25) is 0 Å². The lowest BCUT2D eigenvalue weighted by atomic mass is 9.94. The molecule has 17 heavy (non-hydrogen) atoms. The Morgan fingerprint density at radius 1 is 1.35 bits per heavy atom. The van der Waals surface area contributed by atoms with Crippen LogP contribution in [0.15, 0.2) is 11.5 Å². The standard InChI is InChI=1S/C11H17N3O2S/c1-14-10(12-8-13-14)17-9-2-4-11(5-3-9)15-6-7-16-11/h8-9H,2-7H2,1H3. The van der Waals surface area contributed by atoms with Crippen LogP contribution in [0.25, 0.3) is 0 Å². The molecule has 1 spiro atoms. The third-order valence-corrected chi connectivity index (χ3v) is 4.84. The minimum atomic E-state index is -0.253. The van der Waals surface area contributed by atoms with E-state index in [4.69, 9.17) is 9.47 Å². The van der Waals surface area contributed by atoms with E-state index >= 15 is 0 Å². The van der Waals surface area contributed by atoms with Gasteiger partial charge >= 0.3 is 0 Å². The number of aromatic nitrogens is 3. The zero-order valence-electron chi connectivity index (χ0n) is 9.96. The van der Waals surface area contributed by atoms with Gasteiger partial charge in [-0.3, -0.25) is 0 Å². The topological polar surface area (TPSA) is 49.2 Å². The Morgan fingerprint density at radius 3 is 2.65 bits per heavy atom. The van der Waals surface area contributed by atoms with E-state index in [0.717, 1.165) is 44.1 Å². The van der Waals surface area contributed by atoms with Gasteiger partial charge < -0.3 is 9.47 Å². The summed E-state index contributed by atoms with van der Waals surface area (Å²) in [6.45, 7) is 1.50. The molecule has 1 aromatic heterocycles. The van der Waals surface area contributed by atoms with E-state index in [1.165, 1.54) is 0 Å². The molecule has 94 valence electrons. The van der Waals surface area contributed by atoms with E-state index in [0.29, 0.717) is 5.25 Å². The summed E-state index contributed by atoms with van der Waals surface area (Å²) in [6.07, 6.45) is 5.86. The largest absolute Gasteiger partial charge is 0.348 e. The van der Waals surface area contributed by atoms with Gasteiger partial charge in [0.05, 0.1) is 13.2 Å². The van der Waals surface area contributed by atoms with Crippen molar-refractivity contribution in [2.75, 3.05) is 13.2 Å². The maximum atomic E-state index is 5.72. The van der Waals surface area contributed by atoms with Crippen molar-refractivity contribution in [3.63, 3.8) is 0 Å². The smallest absolute Gasteiger partial charge is 0.186 e. The number of hydrogen-bond donors (Lipinski definition) is 0. The van der Waals surface area contributed by atoms with Gasteiger partial charge in [0, 0.05) is 25.1 Å². The van der Waals surface area contributed by atoms with Crippen LogP contribution >= 0.6 is 11.8 Å². The number of nitrogens with zero attached hydrogens (tertiary/aromatic N) is 3. The molecular weight excluding hydrogens is 238 g/mol. The summed E-state index contributed by atoms with van der Waals surface area (Å²) < 4.78 is 13.3. The first-order chi connectivity index (χ1) is 8.27. The zero-order valence-corrected chi connectivity index (χ0v) is 10.8. The number of ether oxygens (including phenoxy) is 2. The molecule has 2 aliphatic rings. The van der Waals surface area contributed by atoms with Gasteiger partial charge in [-0.05, 0) is 12.8 Å². The van der Waals surface area contributed by atoms with Crippen LogP contribution in [0.4, 0.5) is 0 Å². The third kappa shape index (κ3) is 2.34. The molecule has 1 aliphatic carbocycles. The Hall–Kier alpha value is -0.590. The minimum absolute atomic E-state index is 0.253. The fourth-order valence-corrected chi connectivity index (χ4v) is 3.55. The summed E-state index contributed by atoms with van der Waals surface area (Å²) in [5.74, 6) is -0.253. The minimum Gasteiger partial charge on any atom is -0.348 e. The molecule has 1 saturated carbocycles. The summed E-state index contributed by atoms with van der Waals surface area (Å²) in [6, 6.07) is 0. The van der Waals surface area contributed by atoms with Crippen LogP contribution in [-0.2, 0) is 16.5 Å². The van der Waals surface area contributed by atoms with Crippen molar-refractivity contribution in [1.82, 2.24) is 14.8 Å². The second-order valence-corrected chi connectivity index (χ2v) is 5.86. The lowest BCUT2D eigenvalue weighted by Gasteiger charge is -2.34. The summed E-state index contributed by atoms with van der Waals surface area (Å²) in [5.41, 5.74) is 0. The summed E-state index contributed by atoms with van der Waals surface area (Å²) in [5, 5.41) is 5.70. The SMILES string of the molecule is Cn1ncnc1SC1CCC2(CC1)OCCO2. The fourth-order valence-electron chi connectivity index (χ4n) is 2.48. The van der Waals surface area contributed by atoms with Crippen molar-refractivity contribution in [1.29, 1.82) is 0 Å². The number of aryl methyl sites for hydroxylation is 1. The first-order valence-corrected chi connectivity index (χ1v) is 6.94. The molecule has 1 aromatic rings. The van der Waals surface area contributed by atoms with E-state index in [2.05, 4.69) is 10.1 Å². The molecule has 0 atom stereocenters. The highest BCUT2D eigenvalue weighted by molar-refractivity contribution is 7.99. The lowest BCUT2D eigenvalue weighted by Crippen LogP contribution is -2.36. The molecule has 1 aliphatic heterocycles. The van der Waals surface area contributed by atoms with Crippen LogP contribution in [0.2, 0.25) is 0 Å². The first kappa shape index (κ1) is 11.5. The summed E-state index contributed by atoms with van der Waals surface area (Å²) >= 11 is 1.82. The average molecular weight is 255 g/mol. The molecule has 2 fully saturated rings. The predicted molar refractivity (Wildman–Crippen MR) is 63.8 cm³/mol. The number of thioether (sulfide) groups is 1. The second kappa shape index (κ2) is 4.59. The molecule has 0 bridgehead atoms. The Kier molecular flexibility index (Phi) is 3.10. The van der Waals surface area contributed by atoms with E-state index in [1.54, 1.807) is 6.33 Å². The average Bonchev–Trinajstić information content (AvgIpc) is 2.94. The number of rotatable bonds is 2. The highest BCUT2D eigenvalue weighted by atomic mass is 32.2. The lowest BCUT2D eigenvalue weighted by molar-refractivity contribution is -0.175. The maximum Gasteiger partial charge on any atom is 0.186 e. The molecule has 0 radical (unpaired) electrons.